The van der Waals surface area contributed by atoms with Crippen LogP contribution in [-0.2, 0) is 4.84 Å². The lowest BCUT2D eigenvalue weighted by molar-refractivity contribution is -0.309. The van der Waals surface area contributed by atoms with Crippen LogP contribution in [-0.4, -0.2) is 17.7 Å². The van der Waals surface area contributed by atoms with Crippen molar-refractivity contribution in [2.45, 2.75) is 0 Å². The molecule has 0 fully saturated rings. The van der Waals surface area contributed by atoms with E-state index in [2.05, 4.69) is 9.99 Å². The van der Waals surface area contributed by atoms with Crippen LogP contribution in [0.15, 0.2) is 29.4 Å². The summed E-state index contributed by atoms with van der Waals surface area (Å²) in [5.41, 5.74) is 0. The van der Waals surface area contributed by atoms with Gasteiger partial charge in [-0.1, -0.05) is 29.2 Å². The number of rotatable bonds is 1. The molecule has 0 aliphatic carbocycles. The Bertz CT molecular complexity index is 522. The fourth-order valence-corrected chi connectivity index (χ4v) is 1.32. The molecule has 0 bridgehead atoms. The van der Waals surface area contributed by atoms with Gasteiger partial charge in [-0.25, -0.2) is 0 Å². The molecule has 1 aliphatic rings. The van der Waals surface area contributed by atoms with Gasteiger partial charge in [-0.3, -0.25) is 0 Å². The average molecular weight is 226 g/mol. The van der Waals surface area contributed by atoms with Gasteiger partial charge in [-0.2, -0.15) is 0 Å². The molecule has 0 saturated heterocycles. The standard InChI is InChI=1S/C10H9N2O2.ClH/c1-14-11-10-6-8-4-2-3-5-9(8)7-12(10)13;/h2-7H,1H3;1H/q+1;. The highest BCUT2D eigenvalue weighted by Crippen LogP contribution is 1.90. The van der Waals surface area contributed by atoms with Gasteiger partial charge in [-0.15, -0.1) is 12.4 Å². The van der Waals surface area contributed by atoms with Gasteiger partial charge < -0.3 is 4.84 Å². The Morgan fingerprint density at radius 2 is 1.93 bits per heavy atom. The summed E-state index contributed by atoms with van der Waals surface area (Å²) in [6.45, 7) is 0. The second kappa shape index (κ2) is 4.70. The predicted octanol–water partition coefficient (Wildman–Crippen LogP) is 0.379. The van der Waals surface area contributed by atoms with Gasteiger partial charge in [-0.05, 0) is 5.22 Å². The van der Waals surface area contributed by atoms with Crippen LogP contribution in [0.5, 0.6) is 0 Å². The van der Waals surface area contributed by atoms with Gasteiger partial charge in [0.05, 0.1) is 0 Å². The van der Waals surface area contributed by atoms with Crippen molar-refractivity contribution >= 4 is 30.5 Å². The minimum Gasteiger partial charge on any atom is -0.301 e. The van der Waals surface area contributed by atoms with E-state index in [1.807, 2.05) is 24.3 Å². The summed E-state index contributed by atoms with van der Waals surface area (Å²) in [6, 6.07) is 7.59. The Hall–Kier alpha value is -1.68. The highest BCUT2D eigenvalue weighted by molar-refractivity contribution is 6.03. The molecule has 1 heterocycles. The number of hydrogen-bond acceptors (Lipinski definition) is 3. The van der Waals surface area contributed by atoms with Crippen LogP contribution in [0.4, 0.5) is 0 Å². The maximum absolute atomic E-state index is 11.4. The van der Waals surface area contributed by atoms with Crippen LogP contribution in [0.2, 0.25) is 0 Å². The quantitative estimate of drug-likeness (QED) is 0.512. The summed E-state index contributed by atoms with van der Waals surface area (Å²) in [6.07, 6.45) is 3.17. The van der Waals surface area contributed by atoms with Crippen LogP contribution in [0.3, 0.4) is 0 Å². The predicted molar refractivity (Wildman–Crippen MR) is 59.9 cm³/mol. The Balaban J connectivity index is 0.00000112. The number of oxime groups is 1. The van der Waals surface area contributed by atoms with E-state index < -0.39 is 0 Å². The molecule has 0 aromatic heterocycles. The third-order valence-corrected chi connectivity index (χ3v) is 1.95. The van der Waals surface area contributed by atoms with Crippen molar-refractivity contribution in [2.24, 2.45) is 5.16 Å². The van der Waals surface area contributed by atoms with Crippen LogP contribution < -0.4 is 10.4 Å². The molecule has 5 heteroatoms. The lowest BCUT2D eigenvalue weighted by atomic mass is 10.2. The molecule has 0 unspecified atom stereocenters. The average Bonchev–Trinajstić information content (AvgIpc) is 2.19. The number of hydrogen-bond donors (Lipinski definition) is 0. The van der Waals surface area contributed by atoms with Gasteiger partial charge in [0.1, 0.15) is 7.11 Å². The molecule has 15 heavy (non-hydrogen) atoms. The molecule has 4 nitrogen and oxygen atoms in total. The summed E-state index contributed by atoms with van der Waals surface area (Å²) >= 11 is 0. The lowest BCUT2D eigenvalue weighted by Gasteiger charge is -1.94. The summed E-state index contributed by atoms with van der Waals surface area (Å²) in [5.74, 6) is 0.256. The zero-order chi connectivity index (χ0) is 9.97. The van der Waals surface area contributed by atoms with Crippen LogP contribution in [0, 0.1) is 4.91 Å². The molecule has 1 aromatic carbocycles. The van der Waals surface area contributed by atoms with E-state index in [1.165, 1.54) is 13.3 Å². The van der Waals surface area contributed by atoms with Gasteiger partial charge in [0.25, 0.3) is 0 Å². The number of halogens is 1. The summed E-state index contributed by atoms with van der Waals surface area (Å²) in [4.78, 5) is 15.9. The summed E-state index contributed by atoms with van der Waals surface area (Å²) in [5, 5.41) is 5.46. The fraction of sp³-hybridized carbons (Fsp3) is 0.100. The first kappa shape index (κ1) is 11.4. The molecule has 0 amide bonds. The van der Waals surface area contributed by atoms with E-state index in [9.17, 15) is 4.91 Å². The van der Waals surface area contributed by atoms with Crippen molar-refractivity contribution in [3.63, 3.8) is 0 Å². The third kappa shape index (κ3) is 2.22. The van der Waals surface area contributed by atoms with E-state index in [0.717, 1.165) is 10.4 Å². The Kier molecular flexibility index (Phi) is 3.57. The van der Waals surface area contributed by atoms with E-state index in [1.54, 1.807) is 6.08 Å². The minimum atomic E-state index is 0. The first-order chi connectivity index (χ1) is 6.81. The van der Waals surface area contributed by atoms with E-state index in [-0.39, 0.29) is 18.2 Å². The van der Waals surface area contributed by atoms with Crippen molar-refractivity contribution in [3.8, 4) is 0 Å². The molecule has 0 radical (unpaired) electrons. The molecule has 0 saturated carbocycles. The SMILES string of the molecule is CON=C1C=c2ccccc2=C[N+]1=O.Cl. The third-order valence-electron chi connectivity index (χ3n) is 1.95. The first-order valence-electron chi connectivity index (χ1n) is 4.17. The summed E-state index contributed by atoms with van der Waals surface area (Å²) < 4.78 is 0.686. The normalized spacial score (nSPS) is 15.8. The maximum Gasteiger partial charge on any atom is 0.412 e. The fourth-order valence-electron chi connectivity index (χ4n) is 1.32. The zero-order valence-corrected chi connectivity index (χ0v) is 8.90. The van der Waals surface area contributed by atoms with Crippen molar-refractivity contribution in [3.05, 3.63) is 39.6 Å². The van der Waals surface area contributed by atoms with Gasteiger partial charge in [0.2, 0.25) is 0 Å². The van der Waals surface area contributed by atoms with E-state index in [0.29, 0.717) is 4.76 Å². The molecular formula is C10H10ClN2O2+. The molecule has 78 valence electrons. The van der Waals surface area contributed by atoms with Gasteiger partial charge >= 0.3 is 5.84 Å². The Morgan fingerprint density at radius 3 is 2.60 bits per heavy atom. The molecule has 0 atom stereocenters. The Labute approximate surface area is 92.5 Å². The molecule has 1 aliphatic heterocycles. The Morgan fingerprint density at radius 1 is 1.27 bits per heavy atom. The minimum absolute atomic E-state index is 0. The van der Waals surface area contributed by atoms with Gasteiger partial charge in [0, 0.05) is 16.1 Å². The van der Waals surface area contributed by atoms with Crippen molar-refractivity contribution in [2.75, 3.05) is 7.11 Å². The highest BCUT2D eigenvalue weighted by Gasteiger charge is 2.17. The molecule has 2 rings (SSSR count). The van der Waals surface area contributed by atoms with Gasteiger partial charge in [0.15, 0.2) is 11.4 Å². The van der Waals surface area contributed by atoms with Crippen molar-refractivity contribution < 1.29 is 9.60 Å². The van der Waals surface area contributed by atoms with E-state index >= 15 is 0 Å². The van der Waals surface area contributed by atoms with E-state index in [4.69, 9.17) is 0 Å². The molecule has 0 N–H and O–H groups in total. The van der Waals surface area contributed by atoms with Crippen LogP contribution in [0.25, 0.3) is 12.3 Å². The number of nitroso groups, excluding NO2 is 1. The summed E-state index contributed by atoms with van der Waals surface area (Å²) in [7, 11) is 1.41. The topological polar surface area (TPSA) is 41.7 Å². The monoisotopic (exact) mass is 225 g/mol. The number of benzene rings is 1. The zero-order valence-electron chi connectivity index (χ0n) is 8.08. The second-order valence-electron chi connectivity index (χ2n) is 2.86. The van der Waals surface area contributed by atoms with Crippen LogP contribution in [0.1, 0.15) is 0 Å². The smallest absolute Gasteiger partial charge is 0.301 e. The highest BCUT2D eigenvalue weighted by atomic mass is 35.5. The number of nitrogens with zero attached hydrogens (tertiary/aromatic N) is 2. The first-order valence-corrected chi connectivity index (χ1v) is 4.17. The molecule has 1 aromatic rings. The maximum atomic E-state index is 11.4. The second-order valence-corrected chi connectivity index (χ2v) is 2.86. The van der Waals surface area contributed by atoms with Crippen molar-refractivity contribution in [1.29, 1.82) is 0 Å². The van der Waals surface area contributed by atoms with Crippen LogP contribution >= 0.6 is 12.4 Å². The number of amidine groups is 1. The number of fused-ring (bicyclic) bond motifs is 1. The molecular weight excluding hydrogens is 216 g/mol. The lowest BCUT2D eigenvalue weighted by Crippen LogP contribution is -2.33. The largest absolute Gasteiger partial charge is 0.412 e. The molecule has 0 spiro atoms. The van der Waals surface area contributed by atoms with Crippen molar-refractivity contribution in [1.82, 2.24) is 0 Å².